The van der Waals surface area contributed by atoms with Gasteiger partial charge in [-0.3, -0.25) is 4.79 Å². The van der Waals surface area contributed by atoms with E-state index < -0.39 is 12.1 Å². The van der Waals surface area contributed by atoms with Crippen LogP contribution in [0.2, 0.25) is 0 Å². The van der Waals surface area contributed by atoms with Gasteiger partial charge in [-0.2, -0.15) is 9.78 Å². The zero-order valence-electron chi connectivity index (χ0n) is 16.0. The Kier molecular flexibility index (Phi) is 6.43. The SMILES string of the molecule is CCCc1nc2ccc(Br)cc2c(=O)n1N=Cc1ccc(O[C@@H](C)C(=O)O)cc1. The quantitative estimate of drug-likeness (QED) is 0.543. The van der Waals surface area contributed by atoms with Gasteiger partial charge in [-0.1, -0.05) is 22.9 Å². The van der Waals surface area contributed by atoms with Crippen molar-refractivity contribution in [3.8, 4) is 5.75 Å². The topological polar surface area (TPSA) is 93.8 Å². The zero-order chi connectivity index (χ0) is 21.0. The summed E-state index contributed by atoms with van der Waals surface area (Å²) in [5, 5.41) is 13.8. The molecule has 1 heterocycles. The van der Waals surface area contributed by atoms with Crippen molar-refractivity contribution in [1.29, 1.82) is 0 Å². The van der Waals surface area contributed by atoms with Gasteiger partial charge in [0.05, 0.1) is 17.1 Å². The Bertz CT molecular complexity index is 1120. The van der Waals surface area contributed by atoms with Gasteiger partial charge < -0.3 is 9.84 Å². The molecule has 29 heavy (non-hydrogen) atoms. The van der Waals surface area contributed by atoms with E-state index in [1.54, 1.807) is 36.5 Å². The number of carbonyl (C=O) groups is 1. The molecule has 1 atom stereocenters. The van der Waals surface area contributed by atoms with Crippen LogP contribution >= 0.6 is 15.9 Å². The third kappa shape index (κ3) is 4.89. The molecule has 0 aliphatic carbocycles. The summed E-state index contributed by atoms with van der Waals surface area (Å²) in [6, 6.07) is 12.2. The Balaban J connectivity index is 1.93. The number of aromatic nitrogens is 2. The number of fused-ring (bicyclic) bond motifs is 1. The summed E-state index contributed by atoms with van der Waals surface area (Å²) >= 11 is 3.39. The summed E-state index contributed by atoms with van der Waals surface area (Å²) in [4.78, 5) is 28.4. The number of hydrogen-bond acceptors (Lipinski definition) is 5. The number of rotatable bonds is 7. The Labute approximate surface area is 175 Å². The second-order valence-electron chi connectivity index (χ2n) is 6.47. The van der Waals surface area contributed by atoms with E-state index in [0.717, 1.165) is 16.5 Å². The van der Waals surface area contributed by atoms with Crippen LogP contribution in [0.5, 0.6) is 5.75 Å². The molecular formula is C21H20BrN3O4. The van der Waals surface area contributed by atoms with Crippen LogP contribution in [-0.4, -0.2) is 33.1 Å². The minimum absolute atomic E-state index is 0.230. The third-order valence-electron chi connectivity index (χ3n) is 4.21. The summed E-state index contributed by atoms with van der Waals surface area (Å²) in [6.45, 7) is 3.48. The molecule has 0 aliphatic rings. The second kappa shape index (κ2) is 9.00. The maximum Gasteiger partial charge on any atom is 0.344 e. The first kappa shape index (κ1) is 20.7. The molecule has 3 rings (SSSR count). The van der Waals surface area contributed by atoms with Gasteiger partial charge in [0.2, 0.25) is 0 Å². The fourth-order valence-electron chi connectivity index (χ4n) is 2.71. The van der Waals surface area contributed by atoms with Crippen LogP contribution in [0.1, 0.15) is 31.7 Å². The number of ether oxygens (including phenoxy) is 1. The molecule has 8 heteroatoms. The molecule has 0 unspecified atom stereocenters. The normalized spacial score (nSPS) is 12.4. The molecule has 150 valence electrons. The van der Waals surface area contributed by atoms with Crippen LogP contribution in [0.25, 0.3) is 10.9 Å². The van der Waals surface area contributed by atoms with E-state index >= 15 is 0 Å². The van der Waals surface area contributed by atoms with Crippen LogP contribution in [0.15, 0.2) is 56.8 Å². The van der Waals surface area contributed by atoms with Gasteiger partial charge in [0.15, 0.2) is 6.10 Å². The standard InChI is InChI=1S/C21H20BrN3O4/c1-3-4-19-24-18-10-7-15(22)11-17(18)20(26)25(19)23-12-14-5-8-16(9-6-14)29-13(2)21(27)28/h5-13H,3-4H2,1-2H3,(H,27,28)/t13-/m0/s1. The fraction of sp³-hybridized carbons (Fsp3) is 0.238. The average Bonchev–Trinajstić information content (AvgIpc) is 2.69. The van der Waals surface area contributed by atoms with E-state index in [2.05, 4.69) is 26.0 Å². The van der Waals surface area contributed by atoms with Crippen molar-refractivity contribution in [3.05, 3.63) is 68.7 Å². The minimum atomic E-state index is -1.03. The summed E-state index contributed by atoms with van der Waals surface area (Å²) in [5.74, 6) is 0.00540. The van der Waals surface area contributed by atoms with Gasteiger partial charge in [-0.25, -0.2) is 9.78 Å². The second-order valence-corrected chi connectivity index (χ2v) is 7.38. The fourth-order valence-corrected chi connectivity index (χ4v) is 3.07. The van der Waals surface area contributed by atoms with Crippen LogP contribution in [-0.2, 0) is 11.2 Å². The molecule has 1 N–H and O–H groups in total. The highest BCUT2D eigenvalue weighted by atomic mass is 79.9. The molecule has 7 nitrogen and oxygen atoms in total. The van der Waals surface area contributed by atoms with Gasteiger partial charge >= 0.3 is 5.97 Å². The monoisotopic (exact) mass is 457 g/mol. The van der Waals surface area contributed by atoms with Crippen molar-refractivity contribution < 1.29 is 14.6 Å². The Morgan fingerprint density at radius 3 is 2.69 bits per heavy atom. The van der Waals surface area contributed by atoms with E-state index in [1.165, 1.54) is 11.6 Å². The van der Waals surface area contributed by atoms with Crippen LogP contribution < -0.4 is 10.3 Å². The Morgan fingerprint density at radius 2 is 2.03 bits per heavy atom. The number of benzene rings is 2. The molecule has 3 aromatic rings. The van der Waals surface area contributed by atoms with Crippen molar-refractivity contribution in [2.45, 2.75) is 32.8 Å². The predicted octanol–water partition coefficient (Wildman–Crippen LogP) is 3.85. The van der Waals surface area contributed by atoms with Gasteiger partial charge in [0.1, 0.15) is 11.6 Å². The number of carboxylic acid groups (broad SMARTS) is 1. The van der Waals surface area contributed by atoms with E-state index in [4.69, 9.17) is 9.84 Å². The highest BCUT2D eigenvalue weighted by molar-refractivity contribution is 9.10. The van der Waals surface area contributed by atoms with Crippen molar-refractivity contribution in [2.24, 2.45) is 5.10 Å². The molecule has 0 spiro atoms. The lowest BCUT2D eigenvalue weighted by Gasteiger charge is -2.10. The van der Waals surface area contributed by atoms with E-state index in [-0.39, 0.29) is 5.56 Å². The number of nitrogens with zero attached hydrogens (tertiary/aromatic N) is 3. The number of hydrogen-bond donors (Lipinski definition) is 1. The smallest absolute Gasteiger partial charge is 0.344 e. The Morgan fingerprint density at radius 1 is 1.31 bits per heavy atom. The number of aliphatic carboxylic acids is 1. The summed E-state index contributed by atoms with van der Waals surface area (Å²) in [7, 11) is 0. The van der Waals surface area contributed by atoms with Crippen LogP contribution in [0, 0.1) is 0 Å². The maximum atomic E-state index is 12.9. The molecule has 0 saturated carbocycles. The molecule has 0 amide bonds. The lowest BCUT2D eigenvalue weighted by Crippen LogP contribution is -2.23. The van der Waals surface area contributed by atoms with Crippen molar-refractivity contribution >= 4 is 39.0 Å². The number of carboxylic acids is 1. The zero-order valence-corrected chi connectivity index (χ0v) is 17.6. The number of halogens is 1. The molecule has 0 fully saturated rings. The van der Waals surface area contributed by atoms with Gasteiger partial charge in [0.25, 0.3) is 5.56 Å². The van der Waals surface area contributed by atoms with E-state index in [1.807, 2.05) is 19.1 Å². The minimum Gasteiger partial charge on any atom is -0.479 e. The predicted molar refractivity (Wildman–Crippen MR) is 115 cm³/mol. The highest BCUT2D eigenvalue weighted by Crippen LogP contribution is 2.17. The first-order valence-electron chi connectivity index (χ1n) is 9.14. The molecule has 1 aromatic heterocycles. The van der Waals surface area contributed by atoms with Gasteiger partial charge in [-0.05, 0) is 61.4 Å². The molecular weight excluding hydrogens is 438 g/mol. The first-order valence-corrected chi connectivity index (χ1v) is 9.93. The third-order valence-corrected chi connectivity index (χ3v) is 4.71. The summed E-state index contributed by atoms with van der Waals surface area (Å²) in [6.07, 6.45) is 2.08. The maximum absolute atomic E-state index is 12.9. The van der Waals surface area contributed by atoms with Crippen molar-refractivity contribution in [1.82, 2.24) is 9.66 Å². The summed E-state index contributed by atoms with van der Waals surface area (Å²) < 4.78 is 7.44. The van der Waals surface area contributed by atoms with Crippen molar-refractivity contribution in [3.63, 3.8) is 0 Å². The lowest BCUT2D eigenvalue weighted by atomic mass is 10.2. The Hall–Kier alpha value is -3.00. The lowest BCUT2D eigenvalue weighted by molar-refractivity contribution is -0.144. The van der Waals surface area contributed by atoms with Gasteiger partial charge in [0, 0.05) is 10.9 Å². The number of aryl methyl sites for hydroxylation is 1. The summed E-state index contributed by atoms with van der Waals surface area (Å²) in [5.41, 5.74) is 1.15. The average molecular weight is 458 g/mol. The first-order chi connectivity index (χ1) is 13.9. The molecule has 2 aromatic carbocycles. The van der Waals surface area contributed by atoms with Gasteiger partial charge in [-0.15, -0.1) is 0 Å². The van der Waals surface area contributed by atoms with Crippen molar-refractivity contribution in [2.75, 3.05) is 0 Å². The largest absolute Gasteiger partial charge is 0.479 e. The van der Waals surface area contributed by atoms with E-state index in [0.29, 0.717) is 28.9 Å². The molecule has 0 saturated heterocycles. The highest BCUT2D eigenvalue weighted by Gasteiger charge is 2.12. The van der Waals surface area contributed by atoms with E-state index in [9.17, 15) is 9.59 Å². The molecule has 0 bridgehead atoms. The van der Waals surface area contributed by atoms with Crippen LogP contribution in [0.4, 0.5) is 0 Å². The molecule has 0 radical (unpaired) electrons. The van der Waals surface area contributed by atoms with Crippen LogP contribution in [0.3, 0.4) is 0 Å². The molecule has 0 aliphatic heterocycles.